The van der Waals surface area contributed by atoms with Gasteiger partial charge in [0.2, 0.25) is 0 Å². The Kier molecular flexibility index (Phi) is 9.43. The van der Waals surface area contributed by atoms with E-state index < -0.39 is 0 Å². The predicted octanol–water partition coefficient (Wildman–Crippen LogP) is 2.51. The molecular formula is C20H28N2O3. The van der Waals surface area contributed by atoms with E-state index in [1.54, 1.807) is 14.0 Å². The third-order valence-corrected chi connectivity index (χ3v) is 3.86. The van der Waals surface area contributed by atoms with E-state index in [1.165, 1.54) is 23.8 Å². The highest BCUT2D eigenvalue weighted by molar-refractivity contribution is 6.16. The maximum Gasteiger partial charge on any atom is 0.181 e. The van der Waals surface area contributed by atoms with Gasteiger partial charge < -0.3 is 10.5 Å². The Morgan fingerprint density at radius 2 is 1.88 bits per heavy atom. The number of carbonyl (C=O) groups excluding carboxylic acids is 2. The van der Waals surface area contributed by atoms with Crippen LogP contribution < -0.4 is 10.5 Å². The molecule has 0 aromatic heterocycles. The van der Waals surface area contributed by atoms with Crippen LogP contribution in [0.4, 0.5) is 0 Å². The van der Waals surface area contributed by atoms with Crippen LogP contribution in [-0.4, -0.2) is 43.2 Å². The molecule has 0 saturated carbocycles. The SMILES string of the molecule is CC1=CC(=O)C=CC1=O.CCN(CCCN)Cc1ccccc1OC. The summed E-state index contributed by atoms with van der Waals surface area (Å²) in [6.45, 7) is 7.57. The number of para-hydroxylation sites is 1. The van der Waals surface area contributed by atoms with Crippen molar-refractivity contribution in [2.45, 2.75) is 26.8 Å². The van der Waals surface area contributed by atoms with Gasteiger partial charge in [-0.3, -0.25) is 14.5 Å². The van der Waals surface area contributed by atoms with Gasteiger partial charge in [-0.2, -0.15) is 0 Å². The second-order valence-electron chi connectivity index (χ2n) is 5.75. The van der Waals surface area contributed by atoms with Crippen LogP contribution in [0.5, 0.6) is 5.75 Å². The Hall–Kier alpha value is -2.24. The number of methoxy groups -OCH3 is 1. The van der Waals surface area contributed by atoms with E-state index in [0.717, 1.165) is 38.3 Å². The Balaban J connectivity index is 0.000000293. The standard InChI is InChI=1S/C13H22N2O.C7H6O2/c1-3-15(10-6-9-14)11-12-7-4-5-8-13(12)16-2;1-5-4-6(8)2-3-7(5)9/h4-5,7-8H,3,6,9-11,14H2,1-2H3;2-4H,1H3. The number of rotatable bonds is 7. The van der Waals surface area contributed by atoms with Crippen LogP contribution in [-0.2, 0) is 16.1 Å². The number of ketones is 2. The molecule has 0 amide bonds. The first-order valence-corrected chi connectivity index (χ1v) is 8.50. The molecule has 0 heterocycles. The molecule has 0 unspecified atom stereocenters. The number of ether oxygens (including phenoxy) is 1. The van der Waals surface area contributed by atoms with Gasteiger partial charge in [0.1, 0.15) is 5.75 Å². The first-order chi connectivity index (χ1) is 12.0. The quantitative estimate of drug-likeness (QED) is 0.770. The fourth-order valence-corrected chi connectivity index (χ4v) is 2.36. The van der Waals surface area contributed by atoms with Crippen LogP contribution in [0.1, 0.15) is 25.8 Å². The highest BCUT2D eigenvalue weighted by atomic mass is 16.5. The van der Waals surface area contributed by atoms with Crippen molar-refractivity contribution < 1.29 is 14.3 Å². The van der Waals surface area contributed by atoms with Gasteiger partial charge in [-0.1, -0.05) is 25.1 Å². The molecule has 0 spiro atoms. The topological polar surface area (TPSA) is 72.6 Å². The van der Waals surface area contributed by atoms with Crippen molar-refractivity contribution in [3.63, 3.8) is 0 Å². The number of carbonyl (C=O) groups is 2. The lowest BCUT2D eigenvalue weighted by molar-refractivity contribution is -0.114. The maximum atomic E-state index is 10.6. The van der Waals surface area contributed by atoms with Crippen molar-refractivity contribution in [1.29, 1.82) is 0 Å². The number of nitrogens with two attached hydrogens (primary N) is 1. The summed E-state index contributed by atoms with van der Waals surface area (Å²) >= 11 is 0. The first kappa shape index (κ1) is 20.8. The molecule has 2 N–H and O–H groups in total. The minimum Gasteiger partial charge on any atom is -0.496 e. The Bertz CT molecular complexity index is 636. The monoisotopic (exact) mass is 344 g/mol. The van der Waals surface area contributed by atoms with E-state index in [1.807, 2.05) is 12.1 Å². The third kappa shape index (κ3) is 7.45. The van der Waals surface area contributed by atoms with Crippen molar-refractivity contribution in [3.05, 3.63) is 53.6 Å². The van der Waals surface area contributed by atoms with E-state index in [2.05, 4.69) is 24.0 Å². The van der Waals surface area contributed by atoms with Crippen LogP contribution >= 0.6 is 0 Å². The Morgan fingerprint density at radius 1 is 1.16 bits per heavy atom. The lowest BCUT2D eigenvalue weighted by Gasteiger charge is -2.21. The molecule has 25 heavy (non-hydrogen) atoms. The van der Waals surface area contributed by atoms with Crippen LogP contribution in [0, 0.1) is 0 Å². The zero-order chi connectivity index (χ0) is 18.7. The molecule has 0 radical (unpaired) electrons. The van der Waals surface area contributed by atoms with Crippen molar-refractivity contribution in [3.8, 4) is 5.75 Å². The van der Waals surface area contributed by atoms with E-state index in [0.29, 0.717) is 5.57 Å². The molecule has 0 atom stereocenters. The van der Waals surface area contributed by atoms with Gasteiger partial charge in [0.25, 0.3) is 0 Å². The summed E-state index contributed by atoms with van der Waals surface area (Å²) in [5.41, 5.74) is 7.29. The normalized spacial score (nSPS) is 13.4. The highest BCUT2D eigenvalue weighted by Crippen LogP contribution is 2.19. The molecule has 1 aromatic carbocycles. The average molecular weight is 344 g/mol. The molecule has 5 heteroatoms. The van der Waals surface area contributed by atoms with Gasteiger partial charge in [0.15, 0.2) is 11.6 Å². The summed E-state index contributed by atoms with van der Waals surface area (Å²) in [4.78, 5) is 23.5. The van der Waals surface area contributed by atoms with Gasteiger partial charge in [0.05, 0.1) is 7.11 Å². The fraction of sp³-hybridized carbons (Fsp3) is 0.400. The number of nitrogens with zero attached hydrogens (tertiary/aromatic N) is 1. The Morgan fingerprint density at radius 3 is 2.44 bits per heavy atom. The minimum absolute atomic E-state index is 0.0744. The van der Waals surface area contributed by atoms with Crippen molar-refractivity contribution in [2.24, 2.45) is 5.73 Å². The molecule has 1 aromatic rings. The molecule has 1 aliphatic rings. The summed E-state index contributed by atoms with van der Waals surface area (Å²) in [5, 5.41) is 0. The molecule has 1 aliphatic carbocycles. The van der Waals surface area contributed by atoms with Crippen LogP contribution in [0.15, 0.2) is 48.1 Å². The van der Waals surface area contributed by atoms with Crippen LogP contribution in [0.25, 0.3) is 0 Å². The van der Waals surface area contributed by atoms with E-state index in [-0.39, 0.29) is 11.6 Å². The molecular weight excluding hydrogens is 316 g/mol. The minimum atomic E-state index is -0.105. The summed E-state index contributed by atoms with van der Waals surface area (Å²) < 4.78 is 5.34. The lowest BCUT2D eigenvalue weighted by Crippen LogP contribution is -2.25. The van der Waals surface area contributed by atoms with Gasteiger partial charge >= 0.3 is 0 Å². The zero-order valence-corrected chi connectivity index (χ0v) is 15.3. The fourth-order valence-electron chi connectivity index (χ4n) is 2.36. The smallest absolute Gasteiger partial charge is 0.181 e. The number of allylic oxidation sites excluding steroid dienone is 4. The Labute approximate surface area is 150 Å². The summed E-state index contributed by atoms with van der Waals surface area (Å²) in [5.74, 6) is 0.787. The summed E-state index contributed by atoms with van der Waals surface area (Å²) in [6.07, 6.45) is 4.94. The lowest BCUT2D eigenvalue weighted by atomic mass is 10.1. The molecule has 0 saturated heterocycles. The number of benzene rings is 1. The second-order valence-corrected chi connectivity index (χ2v) is 5.75. The zero-order valence-electron chi connectivity index (χ0n) is 15.3. The van der Waals surface area contributed by atoms with Crippen molar-refractivity contribution in [1.82, 2.24) is 4.90 Å². The van der Waals surface area contributed by atoms with Gasteiger partial charge in [0, 0.05) is 17.7 Å². The maximum absolute atomic E-state index is 10.6. The van der Waals surface area contributed by atoms with Gasteiger partial charge in [-0.05, 0) is 57.3 Å². The third-order valence-electron chi connectivity index (χ3n) is 3.86. The number of hydrogen-bond donors (Lipinski definition) is 1. The molecule has 136 valence electrons. The molecule has 0 bridgehead atoms. The van der Waals surface area contributed by atoms with Gasteiger partial charge in [-0.15, -0.1) is 0 Å². The largest absolute Gasteiger partial charge is 0.496 e. The van der Waals surface area contributed by atoms with Crippen LogP contribution in [0.3, 0.4) is 0 Å². The summed E-state index contributed by atoms with van der Waals surface area (Å²) in [7, 11) is 1.72. The van der Waals surface area contributed by atoms with Gasteiger partial charge in [-0.25, -0.2) is 0 Å². The highest BCUT2D eigenvalue weighted by Gasteiger charge is 2.07. The summed E-state index contributed by atoms with van der Waals surface area (Å²) in [6, 6.07) is 8.17. The van der Waals surface area contributed by atoms with Crippen molar-refractivity contribution in [2.75, 3.05) is 26.7 Å². The molecule has 0 aliphatic heterocycles. The van der Waals surface area contributed by atoms with E-state index in [9.17, 15) is 9.59 Å². The molecule has 5 nitrogen and oxygen atoms in total. The predicted molar refractivity (Wildman–Crippen MR) is 101 cm³/mol. The average Bonchev–Trinajstić information content (AvgIpc) is 2.63. The van der Waals surface area contributed by atoms with E-state index in [4.69, 9.17) is 10.5 Å². The van der Waals surface area contributed by atoms with Crippen molar-refractivity contribution >= 4 is 11.6 Å². The molecule has 0 fully saturated rings. The van der Waals surface area contributed by atoms with Crippen LogP contribution in [0.2, 0.25) is 0 Å². The van der Waals surface area contributed by atoms with E-state index >= 15 is 0 Å². The first-order valence-electron chi connectivity index (χ1n) is 8.50. The second kappa shape index (κ2) is 11.3. The number of hydrogen-bond acceptors (Lipinski definition) is 5. The molecule has 2 rings (SSSR count).